The van der Waals surface area contributed by atoms with Gasteiger partial charge < -0.3 is 10.1 Å². The van der Waals surface area contributed by atoms with E-state index in [-0.39, 0.29) is 0 Å². The van der Waals surface area contributed by atoms with E-state index in [0.29, 0.717) is 6.04 Å². The van der Waals surface area contributed by atoms with Crippen molar-refractivity contribution in [2.45, 2.75) is 19.0 Å². The molecule has 0 bridgehead atoms. The van der Waals surface area contributed by atoms with Gasteiger partial charge in [-0.15, -0.1) is 11.3 Å². The maximum absolute atomic E-state index is 5.29. The Balaban J connectivity index is 1.68. The lowest BCUT2D eigenvalue weighted by Gasteiger charge is -2.24. The Labute approximate surface area is 127 Å². The number of aromatic nitrogens is 1. The number of hydrogen-bond donors (Lipinski definition) is 1. The second-order valence-corrected chi connectivity index (χ2v) is 6.35. The van der Waals surface area contributed by atoms with Crippen molar-refractivity contribution < 1.29 is 4.74 Å². The van der Waals surface area contributed by atoms with Gasteiger partial charge in [0.2, 0.25) is 0 Å². The maximum Gasteiger partial charge on any atom is 0.120 e. The van der Waals surface area contributed by atoms with E-state index in [1.165, 1.54) is 15.8 Å². The molecule has 106 valence electrons. The molecule has 0 fully saturated rings. The lowest BCUT2D eigenvalue weighted by molar-refractivity contribution is 0.415. The summed E-state index contributed by atoms with van der Waals surface area (Å²) in [5.41, 5.74) is 3.88. The monoisotopic (exact) mass is 296 g/mol. The van der Waals surface area contributed by atoms with Gasteiger partial charge in [0.1, 0.15) is 10.8 Å². The summed E-state index contributed by atoms with van der Waals surface area (Å²) in [7, 11) is 1.70. The number of benzene rings is 2. The molecule has 4 heteroatoms. The minimum absolute atomic E-state index is 0.309. The number of ether oxygens (including phenoxy) is 1. The highest BCUT2D eigenvalue weighted by molar-refractivity contribution is 7.18. The smallest absolute Gasteiger partial charge is 0.120 e. The molecule has 1 unspecified atom stereocenters. The first-order chi connectivity index (χ1) is 10.3. The van der Waals surface area contributed by atoms with Crippen LogP contribution in [0.25, 0.3) is 10.2 Å². The van der Waals surface area contributed by atoms with Gasteiger partial charge in [0.15, 0.2) is 0 Å². The number of fused-ring (bicyclic) bond motifs is 2. The van der Waals surface area contributed by atoms with Crippen LogP contribution in [0.5, 0.6) is 5.75 Å². The molecular formula is C17H16N2OS. The zero-order valence-electron chi connectivity index (χ0n) is 11.8. The Bertz CT molecular complexity index is 796. The predicted octanol–water partition coefficient (Wildman–Crippen LogP) is 3.69. The third-order valence-corrected chi connectivity index (χ3v) is 5.12. The summed E-state index contributed by atoms with van der Waals surface area (Å²) in [5, 5.41) is 4.76. The Hall–Kier alpha value is -1.91. The van der Waals surface area contributed by atoms with Crippen molar-refractivity contribution in [1.82, 2.24) is 10.3 Å². The minimum atomic E-state index is 0.309. The van der Waals surface area contributed by atoms with Crippen molar-refractivity contribution in [1.29, 1.82) is 0 Å². The van der Waals surface area contributed by atoms with Gasteiger partial charge in [-0.2, -0.15) is 0 Å². The van der Waals surface area contributed by atoms with Crippen LogP contribution in [-0.4, -0.2) is 12.1 Å². The quantitative estimate of drug-likeness (QED) is 0.783. The van der Waals surface area contributed by atoms with E-state index in [1.54, 1.807) is 18.4 Å². The fraction of sp³-hybridized carbons (Fsp3) is 0.235. The molecule has 4 rings (SSSR count). The number of hydrogen-bond acceptors (Lipinski definition) is 4. The molecule has 0 radical (unpaired) electrons. The number of nitrogens with zero attached hydrogens (tertiary/aromatic N) is 1. The van der Waals surface area contributed by atoms with E-state index < -0.39 is 0 Å². The fourth-order valence-electron chi connectivity index (χ4n) is 2.83. The Morgan fingerprint density at radius 2 is 2.05 bits per heavy atom. The second-order valence-electron chi connectivity index (χ2n) is 5.29. The molecule has 0 spiro atoms. The van der Waals surface area contributed by atoms with E-state index in [1.807, 2.05) is 12.1 Å². The third kappa shape index (κ3) is 2.30. The second kappa shape index (κ2) is 5.13. The van der Waals surface area contributed by atoms with E-state index in [9.17, 15) is 0 Å². The lowest BCUT2D eigenvalue weighted by atomic mass is 9.96. The van der Waals surface area contributed by atoms with Crippen molar-refractivity contribution in [3.8, 4) is 5.75 Å². The summed E-state index contributed by atoms with van der Waals surface area (Å²) in [6.07, 6.45) is 1.01. The van der Waals surface area contributed by atoms with E-state index in [4.69, 9.17) is 9.72 Å². The number of thiazole rings is 1. The van der Waals surface area contributed by atoms with Gasteiger partial charge in [-0.3, -0.25) is 0 Å². The Morgan fingerprint density at radius 1 is 1.19 bits per heavy atom. The summed E-state index contributed by atoms with van der Waals surface area (Å²) in [5.74, 6) is 0.889. The molecule has 0 saturated carbocycles. The highest BCUT2D eigenvalue weighted by atomic mass is 32.1. The summed E-state index contributed by atoms with van der Waals surface area (Å²) in [6.45, 7) is 0.917. The highest BCUT2D eigenvalue weighted by Gasteiger charge is 2.22. The number of nitrogens with one attached hydrogen (secondary N) is 1. The van der Waals surface area contributed by atoms with Gasteiger partial charge in [-0.05, 0) is 35.7 Å². The van der Waals surface area contributed by atoms with Gasteiger partial charge in [0.25, 0.3) is 0 Å². The molecule has 1 aliphatic heterocycles. The lowest BCUT2D eigenvalue weighted by Crippen LogP contribution is -2.28. The normalized spacial score (nSPS) is 17.7. The van der Waals surface area contributed by atoms with Crippen molar-refractivity contribution in [2.75, 3.05) is 7.11 Å². The highest BCUT2D eigenvalue weighted by Crippen LogP contribution is 2.33. The topological polar surface area (TPSA) is 34.1 Å². The first kappa shape index (κ1) is 12.8. The molecule has 3 nitrogen and oxygen atoms in total. The average Bonchev–Trinajstić information content (AvgIpc) is 2.97. The van der Waals surface area contributed by atoms with Crippen molar-refractivity contribution >= 4 is 21.6 Å². The maximum atomic E-state index is 5.29. The molecule has 3 aromatic rings. The molecule has 2 heterocycles. The van der Waals surface area contributed by atoms with Crippen LogP contribution in [0.3, 0.4) is 0 Å². The van der Waals surface area contributed by atoms with Gasteiger partial charge in [-0.25, -0.2) is 4.98 Å². The summed E-state index contributed by atoms with van der Waals surface area (Å²) < 4.78 is 6.47. The SMILES string of the molecule is COc1ccc2nc(C3Cc4ccccc4CN3)sc2c1. The van der Waals surface area contributed by atoms with Gasteiger partial charge >= 0.3 is 0 Å². The van der Waals surface area contributed by atoms with Crippen molar-refractivity contribution in [3.05, 3.63) is 58.6 Å². The Morgan fingerprint density at radius 3 is 2.90 bits per heavy atom. The third-order valence-electron chi connectivity index (χ3n) is 3.99. The van der Waals surface area contributed by atoms with Crippen molar-refractivity contribution in [3.63, 3.8) is 0 Å². The van der Waals surface area contributed by atoms with Crippen LogP contribution < -0.4 is 10.1 Å². The molecule has 0 aliphatic carbocycles. The summed E-state index contributed by atoms with van der Waals surface area (Å²) in [4.78, 5) is 4.79. The first-order valence-corrected chi connectivity index (χ1v) is 7.90. The zero-order chi connectivity index (χ0) is 14.2. The molecular weight excluding hydrogens is 280 g/mol. The van der Waals surface area contributed by atoms with Crippen LogP contribution in [0.1, 0.15) is 22.2 Å². The summed E-state index contributed by atoms with van der Waals surface area (Å²) in [6, 6.07) is 15.0. The molecule has 1 aliphatic rings. The molecule has 2 aromatic carbocycles. The molecule has 21 heavy (non-hydrogen) atoms. The minimum Gasteiger partial charge on any atom is -0.497 e. The van der Waals surface area contributed by atoms with Crippen molar-refractivity contribution in [2.24, 2.45) is 0 Å². The molecule has 0 saturated heterocycles. The molecule has 1 N–H and O–H groups in total. The zero-order valence-corrected chi connectivity index (χ0v) is 12.6. The molecule has 0 amide bonds. The average molecular weight is 296 g/mol. The number of rotatable bonds is 2. The largest absolute Gasteiger partial charge is 0.497 e. The molecule has 1 aromatic heterocycles. The van der Waals surface area contributed by atoms with E-state index >= 15 is 0 Å². The summed E-state index contributed by atoms with van der Waals surface area (Å²) >= 11 is 1.75. The van der Waals surface area contributed by atoms with Crippen LogP contribution in [0.4, 0.5) is 0 Å². The number of methoxy groups -OCH3 is 1. The predicted molar refractivity (Wildman–Crippen MR) is 85.9 cm³/mol. The van der Waals surface area contributed by atoms with Crippen LogP contribution in [0.2, 0.25) is 0 Å². The Kier molecular flexibility index (Phi) is 3.13. The van der Waals surface area contributed by atoms with E-state index in [0.717, 1.165) is 29.2 Å². The molecule has 1 atom stereocenters. The van der Waals surface area contributed by atoms with Crippen LogP contribution in [0, 0.1) is 0 Å². The van der Waals surface area contributed by atoms with Crippen LogP contribution in [0.15, 0.2) is 42.5 Å². The van der Waals surface area contributed by atoms with Crippen LogP contribution >= 0.6 is 11.3 Å². The standard InChI is InChI=1S/C17H16N2OS/c1-20-13-6-7-14-16(9-13)21-17(19-14)15-8-11-4-2-3-5-12(11)10-18-15/h2-7,9,15,18H,8,10H2,1H3. The van der Waals surface area contributed by atoms with Gasteiger partial charge in [0.05, 0.1) is 23.4 Å². The van der Waals surface area contributed by atoms with Gasteiger partial charge in [-0.1, -0.05) is 24.3 Å². The van der Waals surface area contributed by atoms with Gasteiger partial charge in [0, 0.05) is 6.54 Å². The fourth-order valence-corrected chi connectivity index (χ4v) is 3.90. The first-order valence-electron chi connectivity index (χ1n) is 7.08. The van der Waals surface area contributed by atoms with E-state index in [2.05, 4.69) is 35.6 Å². The van der Waals surface area contributed by atoms with Crippen LogP contribution in [-0.2, 0) is 13.0 Å².